The third-order valence-electron chi connectivity index (χ3n) is 4.90. The van der Waals surface area contributed by atoms with Crippen LogP contribution in [0.15, 0.2) is 58.1 Å². The topological polar surface area (TPSA) is 76.0 Å². The number of H-pyrrole nitrogens is 1. The normalized spacial score (nSPS) is 20.0. The second-order valence-corrected chi connectivity index (χ2v) is 7.70. The molecule has 1 N–H and O–H groups in total. The van der Waals surface area contributed by atoms with Crippen LogP contribution in [0.3, 0.4) is 0 Å². The smallest absolute Gasteiger partial charge is 0.263 e. The SMILES string of the molecule is CC1CN(c2nc3c(cnn3-c3ccccc3)c(=O)[nH]2)CC(c2ccsc2)O1. The maximum absolute atomic E-state index is 12.7. The minimum absolute atomic E-state index is 0.0266. The van der Waals surface area contributed by atoms with E-state index in [0.717, 1.165) is 11.3 Å². The highest BCUT2D eigenvalue weighted by atomic mass is 32.1. The molecular formula is C20H19N5O2S. The molecule has 142 valence electrons. The maximum Gasteiger partial charge on any atom is 0.263 e. The summed E-state index contributed by atoms with van der Waals surface area (Å²) in [7, 11) is 0. The average molecular weight is 393 g/mol. The first-order chi connectivity index (χ1) is 13.7. The van der Waals surface area contributed by atoms with Gasteiger partial charge < -0.3 is 9.64 Å². The second kappa shape index (κ2) is 6.88. The van der Waals surface area contributed by atoms with Crippen LogP contribution in [0.1, 0.15) is 18.6 Å². The summed E-state index contributed by atoms with van der Waals surface area (Å²) in [4.78, 5) is 22.4. The summed E-state index contributed by atoms with van der Waals surface area (Å²) in [5, 5.41) is 9.00. The number of rotatable bonds is 3. The number of thiophene rings is 1. The van der Waals surface area contributed by atoms with E-state index in [1.165, 1.54) is 0 Å². The maximum atomic E-state index is 12.7. The van der Waals surface area contributed by atoms with Crippen LogP contribution in [0.4, 0.5) is 5.95 Å². The second-order valence-electron chi connectivity index (χ2n) is 6.92. The fraction of sp³-hybridized carbons (Fsp3) is 0.250. The van der Waals surface area contributed by atoms with Gasteiger partial charge in [0.05, 0.1) is 24.5 Å². The minimum atomic E-state index is -0.187. The number of para-hydroxylation sites is 1. The molecule has 1 aliphatic heterocycles. The van der Waals surface area contributed by atoms with Gasteiger partial charge in [-0.2, -0.15) is 21.4 Å². The molecule has 3 aromatic heterocycles. The molecule has 28 heavy (non-hydrogen) atoms. The zero-order valence-corrected chi connectivity index (χ0v) is 16.1. The van der Waals surface area contributed by atoms with Gasteiger partial charge in [-0.25, -0.2) is 4.68 Å². The van der Waals surface area contributed by atoms with E-state index in [4.69, 9.17) is 9.72 Å². The molecule has 1 aromatic carbocycles. The van der Waals surface area contributed by atoms with Crippen LogP contribution >= 0.6 is 11.3 Å². The lowest BCUT2D eigenvalue weighted by Gasteiger charge is -2.36. The Morgan fingerprint density at radius 1 is 1.21 bits per heavy atom. The van der Waals surface area contributed by atoms with E-state index in [-0.39, 0.29) is 17.8 Å². The predicted octanol–water partition coefficient (Wildman–Crippen LogP) is 3.14. The number of aromatic nitrogens is 4. The first kappa shape index (κ1) is 17.2. The van der Waals surface area contributed by atoms with Crippen molar-refractivity contribution in [1.82, 2.24) is 19.7 Å². The Morgan fingerprint density at radius 2 is 2.07 bits per heavy atom. The molecule has 8 heteroatoms. The van der Waals surface area contributed by atoms with Crippen LogP contribution in [0, 0.1) is 0 Å². The summed E-state index contributed by atoms with van der Waals surface area (Å²) in [5.74, 6) is 0.547. The van der Waals surface area contributed by atoms with Crippen LogP contribution in [0.25, 0.3) is 16.7 Å². The van der Waals surface area contributed by atoms with Gasteiger partial charge in [-0.15, -0.1) is 0 Å². The summed E-state index contributed by atoms with van der Waals surface area (Å²) in [6, 6.07) is 11.8. The van der Waals surface area contributed by atoms with Crippen molar-refractivity contribution >= 4 is 28.3 Å². The minimum Gasteiger partial charge on any atom is -0.367 e. The highest BCUT2D eigenvalue weighted by molar-refractivity contribution is 7.07. The molecule has 4 aromatic rings. The number of nitrogens with one attached hydrogen (secondary N) is 1. The highest BCUT2D eigenvalue weighted by Crippen LogP contribution is 2.28. The van der Waals surface area contributed by atoms with Gasteiger partial charge >= 0.3 is 0 Å². The number of ether oxygens (including phenoxy) is 1. The number of hydrogen-bond donors (Lipinski definition) is 1. The molecule has 2 unspecified atom stereocenters. The van der Waals surface area contributed by atoms with Crippen molar-refractivity contribution in [2.24, 2.45) is 0 Å². The Hall–Kier alpha value is -2.97. The molecule has 2 atom stereocenters. The molecule has 0 spiro atoms. The number of benzene rings is 1. The largest absolute Gasteiger partial charge is 0.367 e. The number of morpholine rings is 1. The Kier molecular flexibility index (Phi) is 4.22. The van der Waals surface area contributed by atoms with Gasteiger partial charge in [0.2, 0.25) is 5.95 Å². The summed E-state index contributed by atoms with van der Waals surface area (Å²) in [6.07, 6.45) is 1.54. The van der Waals surface area contributed by atoms with E-state index in [2.05, 4.69) is 26.4 Å². The lowest BCUT2D eigenvalue weighted by Crippen LogP contribution is -2.44. The van der Waals surface area contributed by atoms with Gasteiger partial charge in [0.25, 0.3) is 5.56 Å². The molecule has 7 nitrogen and oxygen atoms in total. The standard InChI is InChI=1S/C20H19N5O2S/c1-13-10-24(11-17(27-13)14-7-8-28-12-14)20-22-18-16(19(26)23-20)9-21-25(18)15-5-3-2-4-6-15/h2-9,12-13,17H,10-11H2,1H3,(H,22,23,26). The number of fused-ring (bicyclic) bond motifs is 1. The van der Waals surface area contributed by atoms with Gasteiger partial charge in [-0.3, -0.25) is 9.78 Å². The number of anilines is 1. The quantitative estimate of drug-likeness (QED) is 0.579. The van der Waals surface area contributed by atoms with Crippen LogP contribution in [0.5, 0.6) is 0 Å². The summed E-state index contributed by atoms with van der Waals surface area (Å²) in [6.45, 7) is 3.33. The van der Waals surface area contributed by atoms with E-state index in [1.807, 2.05) is 42.6 Å². The van der Waals surface area contributed by atoms with Crippen molar-refractivity contribution in [2.75, 3.05) is 18.0 Å². The molecular weight excluding hydrogens is 374 g/mol. The summed E-state index contributed by atoms with van der Waals surface area (Å²) >= 11 is 1.65. The van der Waals surface area contributed by atoms with Crippen molar-refractivity contribution in [3.8, 4) is 5.69 Å². The van der Waals surface area contributed by atoms with Gasteiger partial charge in [-0.1, -0.05) is 18.2 Å². The summed E-state index contributed by atoms with van der Waals surface area (Å²) in [5.41, 5.74) is 2.39. The zero-order chi connectivity index (χ0) is 19.1. The number of aromatic amines is 1. The fourth-order valence-electron chi connectivity index (χ4n) is 3.58. The average Bonchev–Trinajstić information content (AvgIpc) is 3.38. The first-order valence-electron chi connectivity index (χ1n) is 9.15. The first-order valence-corrected chi connectivity index (χ1v) is 10.1. The predicted molar refractivity (Wildman–Crippen MR) is 109 cm³/mol. The van der Waals surface area contributed by atoms with Gasteiger partial charge in [0.15, 0.2) is 5.65 Å². The third kappa shape index (κ3) is 3.00. The van der Waals surface area contributed by atoms with Crippen LogP contribution in [-0.4, -0.2) is 38.9 Å². The van der Waals surface area contributed by atoms with Gasteiger partial charge in [0.1, 0.15) is 11.5 Å². The molecule has 0 aliphatic carbocycles. The van der Waals surface area contributed by atoms with Crippen molar-refractivity contribution in [2.45, 2.75) is 19.1 Å². The zero-order valence-electron chi connectivity index (χ0n) is 15.3. The van der Waals surface area contributed by atoms with Crippen molar-refractivity contribution in [1.29, 1.82) is 0 Å². The van der Waals surface area contributed by atoms with E-state index < -0.39 is 0 Å². The molecule has 1 fully saturated rings. The molecule has 0 radical (unpaired) electrons. The Balaban J connectivity index is 1.56. The van der Waals surface area contributed by atoms with Crippen molar-refractivity contribution in [3.05, 3.63) is 69.3 Å². The van der Waals surface area contributed by atoms with E-state index in [1.54, 1.807) is 22.2 Å². The van der Waals surface area contributed by atoms with Gasteiger partial charge in [0, 0.05) is 6.54 Å². The van der Waals surface area contributed by atoms with E-state index in [9.17, 15) is 4.79 Å². The molecule has 0 amide bonds. The van der Waals surface area contributed by atoms with E-state index in [0.29, 0.717) is 30.1 Å². The Bertz CT molecular complexity index is 1150. The van der Waals surface area contributed by atoms with E-state index >= 15 is 0 Å². The fourth-order valence-corrected chi connectivity index (χ4v) is 4.28. The monoisotopic (exact) mass is 393 g/mol. The molecule has 0 saturated carbocycles. The lowest BCUT2D eigenvalue weighted by molar-refractivity contribution is -0.0176. The molecule has 5 rings (SSSR count). The molecule has 0 bridgehead atoms. The highest BCUT2D eigenvalue weighted by Gasteiger charge is 2.28. The van der Waals surface area contributed by atoms with Crippen molar-refractivity contribution < 1.29 is 4.74 Å². The molecule has 1 aliphatic rings. The summed E-state index contributed by atoms with van der Waals surface area (Å²) < 4.78 is 7.81. The van der Waals surface area contributed by atoms with Gasteiger partial charge in [-0.05, 0) is 41.4 Å². The van der Waals surface area contributed by atoms with Crippen LogP contribution in [-0.2, 0) is 4.74 Å². The number of hydrogen-bond acceptors (Lipinski definition) is 6. The molecule has 4 heterocycles. The van der Waals surface area contributed by atoms with Crippen molar-refractivity contribution in [3.63, 3.8) is 0 Å². The Labute approximate surface area is 165 Å². The third-order valence-corrected chi connectivity index (χ3v) is 5.60. The van der Waals surface area contributed by atoms with Crippen LogP contribution < -0.4 is 10.5 Å². The lowest BCUT2D eigenvalue weighted by atomic mass is 10.1. The van der Waals surface area contributed by atoms with Crippen LogP contribution in [0.2, 0.25) is 0 Å². The molecule has 1 saturated heterocycles. The Morgan fingerprint density at radius 3 is 2.86 bits per heavy atom. The number of nitrogens with zero attached hydrogens (tertiary/aromatic N) is 4.